The van der Waals surface area contributed by atoms with Crippen LogP contribution in [-0.2, 0) is 11.2 Å². The van der Waals surface area contributed by atoms with E-state index in [4.69, 9.17) is 16.7 Å². The minimum Gasteiger partial charge on any atom is -0.481 e. The molecule has 0 fully saturated rings. The Morgan fingerprint density at radius 2 is 2.23 bits per heavy atom. The van der Waals surface area contributed by atoms with Crippen LogP contribution in [0.4, 0.5) is 0 Å². The highest BCUT2D eigenvalue weighted by Crippen LogP contribution is 2.23. The standard InChI is InChI=1S/C9H9ClO2S/c10-7-2-1-3-8(13)6(7)4-5-9(11)12/h1-3,13H,4-5H2,(H,11,12). The average molecular weight is 217 g/mol. The zero-order valence-electron chi connectivity index (χ0n) is 6.83. The molecule has 1 N–H and O–H groups in total. The minimum absolute atomic E-state index is 0.0806. The Morgan fingerprint density at radius 3 is 2.77 bits per heavy atom. The second kappa shape index (κ2) is 4.53. The van der Waals surface area contributed by atoms with Gasteiger partial charge in [-0.2, -0.15) is 0 Å². The van der Waals surface area contributed by atoms with Crippen LogP contribution in [0.3, 0.4) is 0 Å². The molecule has 2 nitrogen and oxygen atoms in total. The number of halogens is 1. The largest absolute Gasteiger partial charge is 0.481 e. The summed E-state index contributed by atoms with van der Waals surface area (Å²) in [6.45, 7) is 0. The number of aliphatic carboxylic acids is 1. The van der Waals surface area contributed by atoms with E-state index in [1.54, 1.807) is 18.2 Å². The highest BCUT2D eigenvalue weighted by molar-refractivity contribution is 7.80. The van der Waals surface area contributed by atoms with Gasteiger partial charge >= 0.3 is 5.97 Å². The van der Waals surface area contributed by atoms with Gasteiger partial charge in [0.2, 0.25) is 0 Å². The highest BCUT2D eigenvalue weighted by Gasteiger charge is 2.06. The van der Waals surface area contributed by atoms with Crippen LogP contribution < -0.4 is 0 Å². The Kier molecular flexibility index (Phi) is 3.63. The molecular formula is C9H9ClO2S. The Hall–Kier alpha value is -0.670. The van der Waals surface area contributed by atoms with E-state index in [1.165, 1.54) is 0 Å². The molecule has 4 heteroatoms. The van der Waals surface area contributed by atoms with Crippen molar-refractivity contribution in [2.24, 2.45) is 0 Å². The number of thiol groups is 1. The van der Waals surface area contributed by atoms with Crippen molar-refractivity contribution in [2.75, 3.05) is 0 Å². The van der Waals surface area contributed by atoms with Crippen molar-refractivity contribution in [3.05, 3.63) is 28.8 Å². The van der Waals surface area contributed by atoms with Crippen molar-refractivity contribution >= 4 is 30.2 Å². The molecule has 0 radical (unpaired) electrons. The molecule has 0 saturated carbocycles. The molecule has 0 aliphatic carbocycles. The van der Waals surface area contributed by atoms with Gasteiger partial charge in [-0.3, -0.25) is 4.79 Å². The third-order valence-corrected chi connectivity index (χ3v) is 2.46. The van der Waals surface area contributed by atoms with Crippen LogP contribution in [0, 0.1) is 0 Å². The van der Waals surface area contributed by atoms with Crippen LogP contribution >= 0.6 is 24.2 Å². The second-order valence-electron chi connectivity index (χ2n) is 2.63. The summed E-state index contributed by atoms with van der Waals surface area (Å²) < 4.78 is 0. The maximum Gasteiger partial charge on any atom is 0.303 e. The summed E-state index contributed by atoms with van der Waals surface area (Å²) >= 11 is 10.1. The first kappa shape index (κ1) is 10.4. The number of hydrogen-bond acceptors (Lipinski definition) is 2. The fourth-order valence-electron chi connectivity index (χ4n) is 1.03. The molecule has 0 aliphatic rings. The summed E-state index contributed by atoms with van der Waals surface area (Å²) in [7, 11) is 0. The van der Waals surface area contributed by atoms with Crippen molar-refractivity contribution in [1.29, 1.82) is 0 Å². The summed E-state index contributed by atoms with van der Waals surface area (Å²) in [6, 6.07) is 5.32. The van der Waals surface area contributed by atoms with E-state index in [-0.39, 0.29) is 6.42 Å². The van der Waals surface area contributed by atoms with Crippen molar-refractivity contribution in [3.8, 4) is 0 Å². The Labute approximate surface area is 86.9 Å². The van der Waals surface area contributed by atoms with E-state index in [0.29, 0.717) is 11.4 Å². The van der Waals surface area contributed by atoms with Crippen LogP contribution in [0.15, 0.2) is 23.1 Å². The van der Waals surface area contributed by atoms with Crippen molar-refractivity contribution in [2.45, 2.75) is 17.7 Å². The molecule has 1 rings (SSSR count). The van der Waals surface area contributed by atoms with E-state index in [9.17, 15) is 4.79 Å². The fraction of sp³-hybridized carbons (Fsp3) is 0.222. The van der Waals surface area contributed by atoms with Gasteiger partial charge in [0, 0.05) is 16.3 Å². The maximum atomic E-state index is 10.3. The summed E-state index contributed by atoms with van der Waals surface area (Å²) in [6.07, 6.45) is 0.505. The average Bonchev–Trinajstić information content (AvgIpc) is 2.03. The first-order valence-electron chi connectivity index (χ1n) is 3.79. The number of carbonyl (C=O) groups is 1. The second-order valence-corrected chi connectivity index (χ2v) is 3.52. The van der Waals surface area contributed by atoms with Crippen molar-refractivity contribution in [1.82, 2.24) is 0 Å². The molecule has 1 aromatic rings. The molecule has 0 aromatic heterocycles. The zero-order chi connectivity index (χ0) is 9.84. The van der Waals surface area contributed by atoms with E-state index < -0.39 is 5.97 Å². The van der Waals surface area contributed by atoms with Crippen molar-refractivity contribution < 1.29 is 9.90 Å². The molecule has 0 aliphatic heterocycles. The van der Waals surface area contributed by atoms with Gasteiger partial charge in [0.25, 0.3) is 0 Å². The summed E-state index contributed by atoms with van der Waals surface area (Å²) in [5.41, 5.74) is 0.801. The first-order valence-corrected chi connectivity index (χ1v) is 4.62. The smallest absolute Gasteiger partial charge is 0.303 e. The number of carboxylic acids is 1. The summed E-state index contributed by atoms with van der Waals surface area (Å²) in [5.74, 6) is -0.826. The van der Waals surface area contributed by atoms with E-state index in [2.05, 4.69) is 12.6 Å². The van der Waals surface area contributed by atoms with Crippen LogP contribution in [-0.4, -0.2) is 11.1 Å². The lowest BCUT2D eigenvalue weighted by molar-refractivity contribution is -0.136. The molecule has 13 heavy (non-hydrogen) atoms. The molecule has 0 bridgehead atoms. The topological polar surface area (TPSA) is 37.3 Å². The maximum absolute atomic E-state index is 10.3. The Balaban J connectivity index is 2.81. The SMILES string of the molecule is O=C(O)CCc1c(S)cccc1Cl. The van der Waals surface area contributed by atoms with Crippen LogP contribution in [0.2, 0.25) is 5.02 Å². The lowest BCUT2D eigenvalue weighted by Gasteiger charge is -2.04. The number of hydrogen-bond donors (Lipinski definition) is 2. The van der Waals surface area contributed by atoms with E-state index in [0.717, 1.165) is 10.5 Å². The molecule has 0 atom stereocenters. The van der Waals surface area contributed by atoms with E-state index in [1.807, 2.05) is 0 Å². The molecule has 0 unspecified atom stereocenters. The predicted octanol–water partition coefficient (Wildman–Crippen LogP) is 2.65. The van der Waals surface area contributed by atoms with Gasteiger partial charge in [0.15, 0.2) is 0 Å². The minimum atomic E-state index is -0.826. The summed E-state index contributed by atoms with van der Waals surface area (Å²) in [5, 5.41) is 9.07. The van der Waals surface area contributed by atoms with Gasteiger partial charge in [-0.05, 0) is 24.1 Å². The first-order chi connectivity index (χ1) is 6.11. The van der Waals surface area contributed by atoms with E-state index >= 15 is 0 Å². The van der Waals surface area contributed by atoms with Crippen LogP contribution in [0.1, 0.15) is 12.0 Å². The van der Waals surface area contributed by atoms with Gasteiger partial charge < -0.3 is 5.11 Å². The molecule has 0 saturated heterocycles. The molecular weight excluding hydrogens is 208 g/mol. The quantitative estimate of drug-likeness (QED) is 0.763. The molecule has 1 aromatic carbocycles. The third-order valence-electron chi connectivity index (χ3n) is 1.68. The Bertz CT molecular complexity index is 305. The van der Waals surface area contributed by atoms with Gasteiger partial charge in [-0.15, -0.1) is 12.6 Å². The summed E-state index contributed by atoms with van der Waals surface area (Å²) in [4.78, 5) is 11.1. The normalized spacial score (nSPS) is 10.0. The molecule has 0 amide bonds. The fourth-order valence-corrected chi connectivity index (χ4v) is 1.68. The zero-order valence-corrected chi connectivity index (χ0v) is 8.48. The number of rotatable bonds is 3. The van der Waals surface area contributed by atoms with Gasteiger partial charge in [-0.1, -0.05) is 17.7 Å². The number of benzene rings is 1. The number of carboxylic acid groups (broad SMARTS) is 1. The molecule has 0 spiro atoms. The predicted molar refractivity (Wildman–Crippen MR) is 54.7 cm³/mol. The lowest BCUT2D eigenvalue weighted by Crippen LogP contribution is -1.98. The van der Waals surface area contributed by atoms with Gasteiger partial charge in [-0.25, -0.2) is 0 Å². The molecule has 0 heterocycles. The lowest BCUT2D eigenvalue weighted by atomic mass is 10.1. The Morgan fingerprint density at radius 1 is 1.54 bits per heavy atom. The monoisotopic (exact) mass is 216 g/mol. The van der Waals surface area contributed by atoms with Gasteiger partial charge in [0.1, 0.15) is 0 Å². The molecule has 70 valence electrons. The van der Waals surface area contributed by atoms with Gasteiger partial charge in [0.05, 0.1) is 0 Å². The van der Waals surface area contributed by atoms with Crippen LogP contribution in [0.25, 0.3) is 0 Å². The third kappa shape index (κ3) is 2.94. The van der Waals surface area contributed by atoms with Crippen molar-refractivity contribution in [3.63, 3.8) is 0 Å². The highest BCUT2D eigenvalue weighted by atomic mass is 35.5. The van der Waals surface area contributed by atoms with Crippen LogP contribution in [0.5, 0.6) is 0 Å².